The van der Waals surface area contributed by atoms with Crippen LogP contribution < -0.4 is 10.1 Å². The first kappa shape index (κ1) is 16.8. The average Bonchev–Trinajstić information content (AvgIpc) is 3.23. The lowest BCUT2D eigenvalue weighted by Gasteiger charge is -2.25. The van der Waals surface area contributed by atoms with Crippen molar-refractivity contribution in [2.24, 2.45) is 5.41 Å². The number of rotatable bonds is 8. The molecule has 118 valence electrons. The molecular weight excluding hydrogens is 326 g/mol. The maximum atomic E-state index is 5.53. The Morgan fingerprint density at radius 2 is 2.00 bits per heavy atom. The number of ether oxygens (including phenoxy) is 1. The second-order valence-electron chi connectivity index (χ2n) is 7.06. The van der Waals surface area contributed by atoms with Crippen molar-refractivity contribution in [1.82, 2.24) is 5.32 Å². The third kappa shape index (κ3) is 5.30. The number of benzene rings is 1. The van der Waals surface area contributed by atoms with Gasteiger partial charge in [0.15, 0.2) is 0 Å². The molecule has 1 aromatic rings. The first-order valence-electron chi connectivity index (χ1n) is 7.98. The van der Waals surface area contributed by atoms with Crippen molar-refractivity contribution in [2.45, 2.75) is 58.9 Å². The molecule has 0 bridgehead atoms. The lowest BCUT2D eigenvalue weighted by atomic mass is 9.83. The molecule has 0 saturated heterocycles. The zero-order valence-electron chi connectivity index (χ0n) is 13.8. The molecule has 0 aliphatic heterocycles. The van der Waals surface area contributed by atoms with Crippen molar-refractivity contribution >= 4 is 15.9 Å². The summed E-state index contributed by atoms with van der Waals surface area (Å²) >= 11 is 3.63. The second-order valence-corrected chi connectivity index (χ2v) is 7.91. The zero-order chi connectivity index (χ0) is 15.5. The average molecular weight is 354 g/mol. The topological polar surface area (TPSA) is 21.3 Å². The van der Waals surface area contributed by atoms with Gasteiger partial charge >= 0.3 is 0 Å². The SMILES string of the molecule is COc1cc(C)c(Br)cc1CCC(C)(C)CCNC1CC1. The van der Waals surface area contributed by atoms with E-state index in [1.165, 1.54) is 41.3 Å². The molecule has 1 saturated carbocycles. The predicted molar refractivity (Wildman–Crippen MR) is 93.2 cm³/mol. The third-order valence-corrected chi connectivity index (χ3v) is 5.30. The van der Waals surface area contributed by atoms with E-state index in [1.54, 1.807) is 7.11 Å². The smallest absolute Gasteiger partial charge is 0.122 e. The fourth-order valence-electron chi connectivity index (χ4n) is 2.58. The summed E-state index contributed by atoms with van der Waals surface area (Å²) in [5.74, 6) is 1.02. The zero-order valence-corrected chi connectivity index (χ0v) is 15.3. The molecule has 21 heavy (non-hydrogen) atoms. The van der Waals surface area contributed by atoms with Crippen LogP contribution in [-0.2, 0) is 6.42 Å². The number of nitrogens with one attached hydrogen (secondary N) is 1. The van der Waals surface area contributed by atoms with Gasteiger partial charge < -0.3 is 10.1 Å². The maximum Gasteiger partial charge on any atom is 0.122 e. The molecule has 1 aliphatic rings. The van der Waals surface area contributed by atoms with Crippen LogP contribution in [0.4, 0.5) is 0 Å². The van der Waals surface area contributed by atoms with Gasteiger partial charge in [-0.15, -0.1) is 0 Å². The molecule has 0 spiro atoms. The van der Waals surface area contributed by atoms with Gasteiger partial charge in [-0.3, -0.25) is 0 Å². The lowest BCUT2D eigenvalue weighted by Crippen LogP contribution is -2.24. The largest absolute Gasteiger partial charge is 0.496 e. The molecule has 0 aromatic heterocycles. The molecule has 2 rings (SSSR count). The summed E-state index contributed by atoms with van der Waals surface area (Å²) in [6.45, 7) is 7.99. The van der Waals surface area contributed by atoms with E-state index in [2.05, 4.69) is 54.2 Å². The Morgan fingerprint density at radius 1 is 1.29 bits per heavy atom. The maximum absolute atomic E-state index is 5.53. The molecular formula is C18H28BrNO. The molecule has 0 unspecified atom stereocenters. The summed E-state index contributed by atoms with van der Waals surface area (Å²) < 4.78 is 6.71. The van der Waals surface area contributed by atoms with Crippen LogP contribution in [0.1, 0.15) is 50.7 Å². The van der Waals surface area contributed by atoms with Crippen LogP contribution in [0.3, 0.4) is 0 Å². The minimum absolute atomic E-state index is 0.365. The Kier molecular flexibility index (Phi) is 5.73. The lowest BCUT2D eigenvalue weighted by molar-refractivity contribution is 0.300. The van der Waals surface area contributed by atoms with E-state index in [0.29, 0.717) is 5.41 Å². The molecule has 0 amide bonds. The van der Waals surface area contributed by atoms with E-state index in [-0.39, 0.29) is 0 Å². The Labute approximate surface area is 137 Å². The summed E-state index contributed by atoms with van der Waals surface area (Å²) in [5.41, 5.74) is 2.89. The highest BCUT2D eigenvalue weighted by molar-refractivity contribution is 9.10. The summed E-state index contributed by atoms with van der Waals surface area (Å²) in [6.07, 6.45) is 6.23. The van der Waals surface area contributed by atoms with E-state index in [0.717, 1.165) is 24.8 Å². The molecule has 1 aliphatic carbocycles. The van der Waals surface area contributed by atoms with Crippen LogP contribution in [0.15, 0.2) is 16.6 Å². The van der Waals surface area contributed by atoms with Gasteiger partial charge in [-0.1, -0.05) is 29.8 Å². The molecule has 1 aromatic carbocycles. The van der Waals surface area contributed by atoms with Crippen LogP contribution in [0.5, 0.6) is 5.75 Å². The van der Waals surface area contributed by atoms with Crippen molar-refractivity contribution in [3.05, 3.63) is 27.7 Å². The monoisotopic (exact) mass is 353 g/mol. The van der Waals surface area contributed by atoms with Crippen molar-refractivity contribution in [1.29, 1.82) is 0 Å². The van der Waals surface area contributed by atoms with Gasteiger partial charge in [-0.25, -0.2) is 0 Å². The quantitative estimate of drug-likeness (QED) is 0.719. The summed E-state index contributed by atoms with van der Waals surface area (Å²) in [4.78, 5) is 0. The van der Waals surface area contributed by atoms with Gasteiger partial charge in [0.1, 0.15) is 5.75 Å². The molecule has 3 heteroatoms. The number of hydrogen-bond donors (Lipinski definition) is 1. The first-order chi connectivity index (χ1) is 9.91. The summed E-state index contributed by atoms with van der Waals surface area (Å²) in [5, 5.41) is 3.62. The third-order valence-electron chi connectivity index (χ3n) is 4.44. The number of aryl methyl sites for hydroxylation is 2. The van der Waals surface area contributed by atoms with Crippen molar-refractivity contribution in [2.75, 3.05) is 13.7 Å². The Hall–Kier alpha value is -0.540. The standard InChI is InChI=1S/C18H28BrNO/c1-13-11-17(21-4)14(12-16(13)19)7-8-18(2,3)9-10-20-15-5-6-15/h11-12,15,20H,5-10H2,1-4H3. The van der Waals surface area contributed by atoms with Gasteiger partial charge in [-0.05, 0) is 74.2 Å². The number of hydrogen-bond acceptors (Lipinski definition) is 2. The van der Waals surface area contributed by atoms with Gasteiger partial charge in [0.2, 0.25) is 0 Å². The Bertz CT molecular complexity index is 480. The van der Waals surface area contributed by atoms with Crippen molar-refractivity contribution in [3.63, 3.8) is 0 Å². The molecule has 0 radical (unpaired) electrons. The second kappa shape index (κ2) is 7.15. The first-order valence-corrected chi connectivity index (χ1v) is 8.77. The molecule has 0 atom stereocenters. The fourth-order valence-corrected chi connectivity index (χ4v) is 2.97. The fraction of sp³-hybridized carbons (Fsp3) is 0.667. The minimum atomic E-state index is 0.365. The van der Waals surface area contributed by atoms with Crippen LogP contribution in [-0.4, -0.2) is 19.7 Å². The van der Waals surface area contributed by atoms with E-state index in [4.69, 9.17) is 4.74 Å². The van der Waals surface area contributed by atoms with Crippen molar-refractivity contribution < 1.29 is 4.74 Å². The molecule has 0 heterocycles. The highest BCUT2D eigenvalue weighted by Crippen LogP contribution is 2.32. The molecule has 2 nitrogen and oxygen atoms in total. The van der Waals surface area contributed by atoms with E-state index < -0.39 is 0 Å². The highest BCUT2D eigenvalue weighted by Gasteiger charge is 2.23. The van der Waals surface area contributed by atoms with Gasteiger partial charge in [0.25, 0.3) is 0 Å². The van der Waals surface area contributed by atoms with E-state index in [9.17, 15) is 0 Å². The molecule has 1 fully saturated rings. The van der Waals surface area contributed by atoms with Crippen LogP contribution in [0.25, 0.3) is 0 Å². The predicted octanol–water partition coefficient (Wildman–Crippen LogP) is 4.87. The highest BCUT2D eigenvalue weighted by atomic mass is 79.9. The Morgan fingerprint density at radius 3 is 2.62 bits per heavy atom. The normalized spacial score (nSPS) is 15.3. The van der Waals surface area contributed by atoms with Crippen LogP contribution in [0, 0.1) is 12.3 Å². The minimum Gasteiger partial charge on any atom is -0.496 e. The van der Waals surface area contributed by atoms with Crippen LogP contribution >= 0.6 is 15.9 Å². The van der Waals surface area contributed by atoms with Gasteiger partial charge in [-0.2, -0.15) is 0 Å². The number of methoxy groups -OCH3 is 1. The van der Waals surface area contributed by atoms with Gasteiger partial charge in [0, 0.05) is 10.5 Å². The van der Waals surface area contributed by atoms with E-state index in [1.807, 2.05) is 0 Å². The van der Waals surface area contributed by atoms with Crippen LogP contribution in [0.2, 0.25) is 0 Å². The summed E-state index contributed by atoms with van der Waals surface area (Å²) in [7, 11) is 1.76. The number of halogens is 1. The summed E-state index contributed by atoms with van der Waals surface area (Å²) in [6, 6.07) is 5.15. The molecule has 1 N–H and O–H groups in total. The van der Waals surface area contributed by atoms with Crippen molar-refractivity contribution in [3.8, 4) is 5.75 Å². The van der Waals surface area contributed by atoms with E-state index >= 15 is 0 Å². The van der Waals surface area contributed by atoms with Gasteiger partial charge in [0.05, 0.1) is 7.11 Å². The Balaban J connectivity index is 1.89.